The molecule has 0 aliphatic rings. The molecule has 0 aromatic heterocycles. The average molecular weight is 469 g/mol. The van der Waals surface area contributed by atoms with Gasteiger partial charge < -0.3 is 11.1 Å². The van der Waals surface area contributed by atoms with E-state index in [9.17, 15) is 0 Å². The lowest BCUT2D eigenvalue weighted by Crippen LogP contribution is -1.98. The smallest absolute Gasteiger partial charge is 0.0470 e. The summed E-state index contributed by atoms with van der Waals surface area (Å²) in [6.07, 6.45) is 3.56. The third kappa shape index (κ3) is 5.18. The highest BCUT2D eigenvalue weighted by Crippen LogP contribution is 2.45. The van der Waals surface area contributed by atoms with Gasteiger partial charge in [0.15, 0.2) is 0 Å². The molecule has 5 aromatic rings. The van der Waals surface area contributed by atoms with E-state index in [1.807, 2.05) is 12.1 Å². The minimum Gasteiger partial charge on any atom is -0.399 e. The molecule has 0 saturated carbocycles. The van der Waals surface area contributed by atoms with Gasteiger partial charge in [-0.3, -0.25) is 0 Å². The highest BCUT2D eigenvalue weighted by atomic mass is 14.9. The van der Waals surface area contributed by atoms with Crippen molar-refractivity contribution in [3.05, 3.63) is 127 Å². The molecule has 5 rings (SSSR count). The zero-order valence-electron chi connectivity index (χ0n) is 20.7. The maximum absolute atomic E-state index is 6.01. The first-order valence-electron chi connectivity index (χ1n) is 12.7. The van der Waals surface area contributed by atoms with Crippen molar-refractivity contribution < 1.29 is 0 Å². The maximum Gasteiger partial charge on any atom is 0.0470 e. The second-order valence-corrected chi connectivity index (χ2v) is 9.19. The molecule has 5 aromatic carbocycles. The molecule has 0 atom stereocenters. The van der Waals surface area contributed by atoms with E-state index in [4.69, 9.17) is 5.73 Å². The van der Waals surface area contributed by atoms with E-state index in [-0.39, 0.29) is 0 Å². The van der Waals surface area contributed by atoms with Crippen LogP contribution in [-0.2, 0) is 6.42 Å². The molecule has 3 N–H and O–H groups in total. The summed E-state index contributed by atoms with van der Waals surface area (Å²) in [5, 5.41) is 3.73. The molecule has 36 heavy (non-hydrogen) atoms. The van der Waals surface area contributed by atoms with Gasteiger partial charge in [0.1, 0.15) is 0 Å². The summed E-state index contributed by atoms with van der Waals surface area (Å²) in [5.74, 6) is 0. The van der Waals surface area contributed by atoms with Gasteiger partial charge in [0.2, 0.25) is 0 Å². The molecule has 0 bridgehead atoms. The van der Waals surface area contributed by atoms with Crippen molar-refractivity contribution >= 4 is 17.1 Å². The first kappa shape index (κ1) is 23.4. The Kier molecular flexibility index (Phi) is 7.14. The van der Waals surface area contributed by atoms with Gasteiger partial charge in [-0.15, -0.1) is 0 Å². The van der Waals surface area contributed by atoms with Gasteiger partial charge in [0.05, 0.1) is 0 Å². The van der Waals surface area contributed by atoms with Gasteiger partial charge in [0.25, 0.3) is 0 Å². The van der Waals surface area contributed by atoms with Crippen molar-refractivity contribution in [2.75, 3.05) is 11.1 Å². The molecule has 0 aliphatic heterocycles. The Labute approximate surface area is 214 Å². The van der Waals surface area contributed by atoms with Crippen molar-refractivity contribution in [3.8, 4) is 33.4 Å². The Hall–Kier alpha value is -4.30. The lowest BCUT2D eigenvalue weighted by Gasteiger charge is -2.21. The number of aryl methyl sites for hydroxylation is 1. The fourth-order valence-electron chi connectivity index (χ4n) is 4.71. The molecule has 0 amide bonds. The predicted molar refractivity (Wildman–Crippen MR) is 155 cm³/mol. The molecule has 0 aliphatic carbocycles. The number of anilines is 3. The predicted octanol–water partition coefficient (Wildman–Crippen LogP) is 9.36. The van der Waals surface area contributed by atoms with E-state index in [1.54, 1.807) is 0 Å². The largest absolute Gasteiger partial charge is 0.399 e. The van der Waals surface area contributed by atoms with Gasteiger partial charge in [-0.1, -0.05) is 104 Å². The molecule has 2 nitrogen and oxygen atoms in total. The maximum atomic E-state index is 6.01. The van der Waals surface area contributed by atoms with Gasteiger partial charge in [-0.05, 0) is 76.6 Å². The summed E-state index contributed by atoms with van der Waals surface area (Å²) in [7, 11) is 0. The number of nitrogens with one attached hydrogen (secondary N) is 1. The lowest BCUT2D eigenvalue weighted by atomic mass is 9.86. The van der Waals surface area contributed by atoms with Crippen LogP contribution < -0.4 is 11.1 Å². The highest BCUT2D eigenvalue weighted by molar-refractivity contribution is 6.01. The molecule has 2 heteroatoms. The molecule has 0 heterocycles. The molecular formula is C34H32N2. The van der Waals surface area contributed by atoms with Gasteiger partial charge >= 0.3 is 0 Å². The van der Waals surface area contributed by atoms with Gasteiger partial charge in [0, 0.05) is 22.6 Å². The summed E-state index contributed by atoms with van der Waals surface area (Å²) in [4.78, 5) is 0. The second-order valence-electron chi connectivity index (χ2n) is 9.19. The number of hydrogen-bond acceptors (Lipinski definition) is 2. The topological polar surface area (TPSA) is 38.0 Å². The Bertz CT molecular complexity index is 1400. The normalized spacial score (nSPS) is 10.8. The van der Waals surface area contributed by atoms with Crippen LogP contribution in [0.15, 0.2) is 121 Å². The van der Waals surface area contributed by atoms with Crippen LogP contribution >= 0.6 is 0 Å². The van der Waals surface area contributed by atoms with Crippen molar-refractivity contribution in [3.63, 3.8) is 0 Å². The van der Waals surface area contributed by atoms with Crippen LogP contribution in [0.2, 0.25) is 0 Å². The minimum absolute atomic E-state index is 0.768. The van der Waals surface area contributed by atoms with Crippen LogP contribution in [0.5, 0.6) is 0 Å². The van der Waals surface area contributed by atoms with Crippen molar-refractivity contribution in [1.29, 1.82) is 0 Å². The quantitative estimate of drug-likeness (QED) is 0.223. The first-order valence-corrected chi connectivity index (χ1v) is 12.7. The molecular weight excluding hydrogens is 436 g/mol. The number of nitrogens with two attached hydrogens (primary N) is 1. The van der Waals surface area contributed by atoms with Crippen LogP contribution in [0, 0.1) is 0 Å². The van der Waals surface area contributed by atoms with E-state index < -0.39 is 0 Å². The number of unbranched alkanes of at least 4 members (excludes halogenated alkanes) is 1. The summed E-state index contributed by atoms with van der Waals surface area (Å²) in [5.41, 5.74) is 17.4. The Balaban J connectivity index is 1.68. The summed E-state index contributed by atoms with van der Waals surface area (Å²) < 4.78 is 0. The Morgan fingerprint density at radius 1 is 0.583 bits per heavy atom. The summed E-state index contributed by atoms with van der Waals surface area (Å²) >= 11 is 0. The third-order valence-corrected chi connectivity index (χ3v) is 6.60. The zero-order chi connectivity index (χ0) is 24.7. The van der Waals surface area contributed by atoms with Crippen LogP contribution in [0.25, 0.3) is 33.4 Å². The zero-order valence-corrected chi connectivity index (χ0v) is 20.7. The van der Waals surface area contributed by atoms with E-state index >= 15 is 0 Å². The monoisotopic (exact) mass is 468 g/mol. The molecule has 0 fully saturated rings. The first-order chi connectivity index (χ1) is 17.7. The molecule has 0 spiro atoms. The van der Waals surface area contributed by atoms with E-state index in [1.165, 1.54) is 46.2 Å². The summed E-state index contributed by atoms with van der Waals surface area (Å²) in [6, 6.07) is 42.7. The number of nitrogen functional groups attached to an aromatic ring is 1. The Morgan fingerprint density at radius 3 is 1.81 bits per heavy atom. The minimum atomic E-state index is 0.768. The van der Waals surface area contributed by atoms with E-state index in [0.29, 0.717) is 0 Å². The van der Waals surface area contributed by atoms with E-state index in [0.717, 1.165) is 29.0 Å². The molecule has 178 valence electrons. The fraction of sp³-hybridized carbons (Fsp3) is 0.118. The average Bonchev–Trinajstić information content (AvgIpc) is 2.94. The standard InChI is InChI=1S/C34H32N2/c1-2-3-10-25-15-21-30(22-16-25)36-32-24-23-31(26-17-19-29(35)20-18-26)33(27-11-6-4-7-12-27)34(32)28-13-8-5-9-14-28/h4-9,11-24,36H,2-3,10,35H2,1H3. The van der Waals surface area contributed by atoms with E-state index in [2.05, 4.69) is 121 Å². The SMILES string of the molecule is CCCCc1ccc(Nc2ccc(-c3ccc(N)cc3)c(-c3ccccc3)c2-c2ccccc2)cc1. The van der Waals surface area contributed by atoms with Crippen molar-refractivity contribution in [1.82, 2.24) is 0 Å². The van der Waals surface area contributed by atoms with Crippen LogP contribution in [0.4, 0.5) is 17.1 Å². The third-order valence-electron chi connectivity index (χ3n) is 6.60. The number of hydrogen-bond donors (Lipinski definition) is 2. The molecule has 0 unspecified atom stereocenters. The molecule has 0 radical (unpaired) electrons. The van der Waals surface area contributed by atoms with Gasteiger partial charge in [-0.2, -0.15) is 0 Å². The molecule has 0 saturated heterocycles. The highest BCUT2D eigenvalue weighted by Gasteiger charge is 2.18. The number of benzene rings is 5. The Morgan fingerprint density at radius 2 is 1.19 bits per heavy atom. The van der Waals surface area contributed by atoms with Crippen LogP contribution in [0.3, 0.4) is 0 Å². The van der Waals surface area contributed by atoms with Gasteiger partial charge in [-0.25, -0.2) is 0 Å². The number of rotatable bonds is 8. The lowest BCUT2D eigenvalue weighted by molar-refractivity contribution is 0.795. The fourth-order valence-corrected chi connectivity index (χ4v) is 4.71. The van der Waals surface area contributed by atoms with Crippen LogP contribution in [-0.4, -0.2) is 0 Å². The van der Waals surface area contributed by atoms with Crippen molar-refractivity contribution in [2.24, 2.45) is 0 Å². The van der Waals surface area contributed by atoms with Crippen LogP contribution in [0.1, 0.15) is 25.3 Å². The summed E-state index contributed by atoms with van der Waals surface area (Å²) in [6.45, 7) is 2.24. The second kappa shape index (κ2) is 11.0. The van der Waals surface area contributed by atoms with Crippen molar-refractivity contribution in [2.45, 2.75) is 26.2 Å².